The summed E-state index contributed by atoms with van der Waals surface area (Å²) in [5, 5.41) is 2.98. The van der Waals surface area contributed by atoms with Crippen LogP contribution in [0.1, 0.15) is 39.2 Å². The zero-order valence-electron chi connectivity index (χ0n) is 17.6. The molecule has 5 rings (SSSR count). The van der Waals surface area contributed by atoms with Gasteiger partial charge in [-0.15, -0.1) is 0 Å². The number of hydrogen-bond acceptors (Lipinski definition) is 4. The van der Waals surface area contributed by atoms with Gasteiger partial charge >= 0.3 is 5.97 Å². The Morgan fingerprint density at radius 3 is 2.27 bits per heavy atom. The van der Waals surface area contributed by atoms with Crippen LogP contribution in [0.3, 0.4) is 0 Å². The topological polar surface area (TPSA) is 64.6 Å². The maximum Gasteiger partial charge on any atom is 0.310 e. The quantitative estimate of drug-likeness (QED) is 0.734. The number of carbonyl (C=O) groups excluding carboxylic acids is 2. The standard InChI is InChI=1S/C25H27NO4/c1-25(2,3)15-4-8-17(9-5-15)29-18-10-6-16(7-11-18)26-23(27)21-14-12-19-20(13-14)30-24(28)22(19)21/h4-11,14,19-22H,12-13H2,1-3H3,(H,26,27)/t14-,19+,20-,21-,22-/m1/s1. The van der Waals surface area contributed by atoms with Crippen molar-refractivity contribution in [3.63, 3.8) is 0 Å². The van der Waals surface area contributed by atoms with Crippen molar-refractivity contribution in [2.24, 2.45) is 23.7 Å². The van der Waals surface area contributed by atoms with Crippen molar-refractivity contribution in [1.82, 2.24) is 0 Å². The van der Waals surface area contributed by atoms with Gasteiger partial charge in [-0.1, -0.05) is 32.9 Å². The van der Waals surface area contributed by atoms with Crippen LogP contribution in [-0.4, -0.2) is 18.0 Å². The Hall–Kier alpha value is -2.82. The van der Waals surface area contributed by atoms with Gasteiger partial charge < -0.3 is 14.8 Å². The van der Waals surface area contributed by atoms with E-state index in [0.29, 0.717) is 11.4 Å². The monoisotopic (exact) mass is 405 g/mol. The summed E-state index contributed by atoms with van der Waals surface area (Å²) in [4.78, 5) is 25.0. The van der Waals surface area contributed by atoms with E-state index in [-0.39, 0.29) is 47.1 Å². The molecule has 0 aromatic heterocycles. The number of ether oxygens (including phenoxy) is 2. The Balaban J connectivity index is 1.22. The molecule has 1 N–H and O–H groups in total. The molecule has 2 aliphatic carbocycles. The normalized spacial score (nSPS) is 29.0. The third-order valence-corrected chi connectivity index (χ3v) is 6.86. The van der Waals surface area contributed by atoms with Crippen LogP contribution in [0.25, 0.3) is 0 Å². The van der Waals surface area contributed by atoms with Crippen molar-refractivity contribution in [2.45, 2.75) is 45.1 Å². The Labute approximate surface area is 176 Å². The van der Waals surface area contributed by atoms with E-state index in [1.807, 2.05) is 36.4 Å². The van der Waals surface area contributed by atoms with Crippen LogP contribution in [0, 0.1) is 23.7 Å². The number of hydrogen-bond donors (Lipinski definition) is 1. The van der Waals surface area contributed by atoms with Crippen molar-refractivity contribution in [2.75, 3.05) is 5.32 Å². The number of carbonyl (C=O) groups is 2. The lowest BCUT2D eigenvalue weighted by molar-refractivity contribution is -0.145. The molecule has 30 heavy (non-hydrogen) atoms. The second kappa shape index (κ2) is 6.86. The van der Waals surface area contributed by atoms with Gasteiger partial charge in [0.2, 0.25) is 5.91 Å². The Morgan fingerprint density at radius 2 is 1.63 bits per heavy atom. The molecule has 2 aromatic rings. The van der Waals surface area contributed by atoms with Gasteiger partial charge in [0, 0.05) is 11.6 Å². The first-order valence-corrected chi connectivity index (χ1v) is 10.7. The second-order valence-electron chi connectivity index (χ2n) is 9.81. The number of rotatable bonds is 4. The van der Waals surface area contributed by atoms with Gasteiger partial charge in [0.1, 0.15) is 17.6 Å². The van der Waals surface area contributed by atoms with Crippen molar-refractivity contribution < 1.29 is 19.1 Å². The van der Waals surface area contributed by atoms with Crippen LogP contribution in [0.15, 0.2) is 48.5 Å². The predicted octanol–water partition coefficient (Wildman–Crippen LogP) is 4.91. The molecule has 0 unspecified atom stereocenters. The molecule has 0 spiro atoms. The van der Waals surface area contributed by atoms with Gasteiger partial charge in [0.25, 0.3) is 0 Å². The molecule has 3 fully saturated rings. The molecular formula is C25H27NO4. The molecule has 2 saturated carbocycles. The van der Waals surface area contributed by atoms with E-state index in [0.717, 1.165) is 18.6 Å². The molecule has 5 heteroatoms. The first-order valence-electron chi connectivity index (χ1n) is 10.7. The maximum atomic E-state index is 12.9. The highest BCUT2D eigenvalue weighted by atomic mass is 16.6. The van der Waals surface area contributed by atoms with Crippen LogP contribution in [0.4, 0.5) is 5.69 Å². The summed E-state index contributed by atoms with van der Waals surface area (Å²) in [5.41, 5.74) is 2.07. The molecule has 5 atom stereocenters. The fourth-order valence-corrected chi connectivity index (χ4v) is 5.35. The fourth-order valence-electron chi connectivity index (χ4n) is 5.35. The number of nitrogens with one attached hydrogen (secondary N) is 1. The third kappa shape index (κ3) is 3.26. The molecule has 2 bridgehead atoms. The number of benzene rings is 2. The van der Waals surface area contributed by atoms with Crippen molar-refractivity contribution >= 4 is 17.6 Å². The average molecular weight is 405 g/mol. The summed E-state index contributed by atoms with van der Waals surface area (Å²) in [7, 11) is 0. The minimum atomic E-state index is -0.265. The highest BCUT2D eigenvalue weighted by molar-refractivity contribution is 5.97. The molecule has 156 valence electrons. The largest absolute Gasteiger partial charge is 0.462 e. The summed E-state index contributed by atoms with van der Waals surface area (Å²) in [6, 6.07) is 15.5. The van der Waals surface area contributed by atoms with Crippen LogP contribution < -0.4 is 10.1 Å². The lowest BCUT2D eigenvalue weighted by atomic mass is 9.79. The smallest absolute Gasteiger partial charge is 0.310 e. The molecular weight excluding hydrogens is 378 g/mol. The zero-order chi connectivity index (χ0) is 21.0. The highest BCUT2D eigenvalue weighted by Gasteiger charge is 2.63. The van der Waals surface area contributed by atoms with E-state index in [1.54, 1.807) is 0 Å². The van der Waals surface area contributed by atoms with E-state index in [4.69, 9.17) is 9.47 Å². The van der Waals surface area contributed by atoms with Crippen LogP contribution in [0.2, 0.25) is 0 Å². The number of esters is 1. The van der Waals surface area contributed by atoms with E-state index in [2.05, 4.69) is 38.2 Å². The summed E-state index contributed by atoms with van der Waals surface area (Å²) in [6.45, 7) is 6.54. The minimum absolute atomic E-state index is 0.0467. The summed E-state index contributed by atoms with van der Waals surface area (Å²) >= 11 is 0. The van der Waals surface area contributed by atoms with E-state index in [1.165, 1.54) is 5.56 Å². The Bertz CT molecular complexity index is 972. The SMILES string of the molecule is CC(C)(C)c1ccc(Oc2ccc(NC(=O)[C@@H]3[C@@H]4C[C@@H]5[C@H]3C(=O)O[C@@H]5C4)cc2)cc1. The molecule has 3 aliphatic rings. The van der Waals surface area contributed by atoms with Crippen LogP contribution in [0.5, 0.6) is 11.5 Å². The summed E-state index contributed by atoms with van der Waals surface area (Å²) < 4.78 is 11.4. The molecule has 5 nitrogen and oxygen atoms in total. The van der Waals surface area contributed by atoms with E-state index in [9.17, 15) is 9.59 Å². The molecule has 1 amide bonds. The van der Waals surface area contributed by atoms with Gasteiger partial charge in [0.05, 0.1) is 11.8 Å². The van der Waals surface area contributed by atoms with Crippen molar-refractivity contribution in [3.05, 3.63) is 54.1 Å². The van der Waals surface area contributed by atoms with Gasteiger partial charge in [0.15, 0.2) is 0 Å². The predicted molar refractivity (Wildman–Crippen MR) is 113 cm³/mol. The summed E-state index contributed by atoms with van der Waals surface area (Å²) in [5.74, 6) is 1.19. The zero-order valence-corrected chi connectivity index (χ0v) is 17.6. The molecule has 1 heterocycles. The molecule has 1 saturated heterocycles. The highest BCUT2D eigenvalue weighted by Crippen LogP contribution is 2.57. The molecule has 1 aliphatic heterocycles. The molecule has 2 aromatic carbocycles. The first-order chi connectivity index (χ1) is 14.3. The van der Waals surface area contributed by atoms with Gasteiger partial charge in [-0.3, -0.25) is 9.59 Å². The van der Waals surface area contributed by atoms with Crippen molar-refractivity contribution in [1.29, 1.82) is 0 Å². The summed E-state index contributed by atoms with van der Waals surface area (Å²) in [6.07, 6.45) is 1.80. The number of anilines is 1. The third-order valence-electron chi connectivity index (χ3n) is 6.86. The second-order valence-corrected chi connectivity index (χ2v) is 9.81. The molecule has 0 radical (unpaired) electrons. The first kappa shape index (κ1) is 19.2. The van der Waals surface area contributed by atoms with Crippen LogP contribution >= 0.6 is 0 Å². The van der Waals surface area contributed by atoms with Gasteiger partial charge in [-0.05, 0) is 66.1 Å². The van der Waals surface area contributed by atoms with Crippen molar-refractivity contribution in [3.8, 4) is 11.5 Å². The lowest BCUT2D eigenvalue weighted by Gasteiger charge is -2.23. The maximum absolute atomic E-state index is 12.9. The minimum Gasteiger partial charge on any atom is -0.462 e. The number of fused-ring (bicyclic) bond motifs is 1. The van der Waals surface area contributed by atoms with E-state index >= 15 is 0 Å². The number of amides is 1. The van der Waals surface area contributed by atoms with Gasteiger partial charge in [-0.25, -0.2) is 0 Å². The Kier molecular flexibility index (Phi) is 4.38. The lowest BCUT2D eigenvalue weighted by Crippen LogP contribution is -2.35. The average Bonchev–Trinajstić information content (AvgIpc) is 3.32. The van der Waals surface area contributed by atoms with Crippen LogP contribution in [-0.2, 0) is 19.7 Å². The fraction of sp³-hybridized carbons (Fsp3) is 0.440. The Morgan fingerprint density at radius 1 is 1.00 bits per heavy atom. The van der Waals surface area contributed by atoms with E-state index < -0.39 is 0 Å². The van der Waals surface area contributed by atoms with Gasteiger partial charge in [-0.2, -0.15) is 0 Å².